The highest BCUT2D eigenvalue weighted by atomic mass is 19.1. The van der Waals surface area contributed by atoms with E-state index < -0.39 is 5.67 Å². The number of rotatable bonds is 4. The molecular weight excluding hydrogens is 399 g/mol. The second-order valence-electron chi connectivity index (χ2n) is 13.1. The third kappa shape index (κ3) is 4.78. The standard InChI is InChI=1S/C27H49FN4/c1-22(2)32-17-11-26(12-18-32)8-14-30(4)24(20-26)23-19-25(7-13-29(23)3)9-15-31(16-10-25)21-27(28)5-6-27/h22-24H,5-21H2,1-4H3. The summed E-state index contributed by atoms with van der Waals surface area (Å²) in [7, 11) is 4.79. The Morgan fingerprint density at radius 3 is 1.56 bits per heavy atom. The number of hydrogen-bond acceptors (Lipinski definition) is 4. The van der Waals surface area contributed by atoms with E-state index in [4.69, 9.17) is 0 Å². The van der Waals surface area contributed by atoms with Crippen molar-refractivity contribution in [2.45, 2.75) is 102 Å². The zero-order chi connectivity index (χ0) is 22.6. The van der Waals surface area contributed by atoms with Crippen LogP contribution in [0.3, 0.4) is 0 Å². The van der Waals surface area contributed by atoms with Gasteiger partial charge in [0, 0.05) is 24.7 Å². The first-order chi connectivity index (χ1) is 15.2. The van der Waals surface area contributed by atoms with E-state index in [1.807, 2.05) is 0 Å². The molecule has 5 rings (SSSR count). The molecule has 4 heterocycles. The van der Waals surface area contributed by atoms with Gasteiger partial charge >= 0.3 is 0 Å². The van der Waals surface area contributed by atoms with E-state index >= 15 is 0 Å². The molecule has 4 saturated heterocycles. The van der Waals surface area contributed by atoms with Crippen molar-refractivity contribution < 1.29 is 4.39 Å². The second kappa shape index (κ2) is 8.77. The first kappa shape index (κ1) is 23.5. The summed E-state index contributed by atoms with van der Waals surface area (Å²) in [6.45, 7) is 12.8. The molecule has 2 spiro atoms. The Balaban J connectivity index is 1.23. The zero-order valence-corrected chi connectivity index (χ0v) is 21.4. The molecule has 0 amide bonds. The lowest BCUT2D eigenvalue weighted by Gasteiger charge is -2.56. The number of halogens is 1. The molecule has 184 valence electrons. The predicted octanol–water partition coefficient (Wildman–Crippen LogP) is 4.25. The van der Waals surface area contributed by atoms with E-state index in [1.165, 1.54) is 77.5 Å². The van der Waals surface area contributed by atoms with Crippen molar-refractivity contribution in [1.29, 1.82) is 0 Å². The van der Waals surface area contributed by atoms with Crippen LogP contribution < -0.4 is 0 Å². The number of likely N-dealkylation sites (N-methyl/N-ethyl adjacent to an activating group) is 2. The van der Waals surface area contributed by atoms with Crippen LogP contribution in [-0.4, -0.2) is 103 Å². The Bertz CT molecular complexity index is 646. The Morgan fingerprint density at radius 1 is 0.688 bits per heavy atom. The van der Waals surface area contributed by atoms with Gasteiger partial charge in [-0.2, -0.15) is 0 Å². The van der Waals surface area contributed by atoms with Crippen LogP contribution in [0.1, 0.15) is 78.1 Å². The van der Waals surface area contributed by atoms with E-state index in [9.17, 15) is 4.39 Å². The van der Waals surface area contributed by atoms with Crippen molar-refractivity contribution in [3.63, 3.8) is 0 Å². The monoisotopic (exact) mass is 448 g/mol. The van der Waals surface area contributed by atoms with Gasteiger partial charge in [-0.3, -0.25) is 0 Å². The highest BCUT2D eigenvalue weighted by Gasteiger charge is 2.50. The summed E-state index contributed by atoms with van der Waals surface area (Å²) in [5.41, 5.74) is 0.258. The molecule has 5 fully saturated rings. The van der Waals surface area contributed by atoms with Crippen LogP contribution in [0.25, 0.3) is 0 Å². The number of nitrogens with zero attached hydrogens (tertiary/aromatic N) is 4. The van der Waals surface area contributed by atoms with Crippen molar-refractivity contribution in [2.75, 3.05) is 59.9 Å². The third-order valence-electron chi connectivity index (χ3n) is 10.7. The Hall–Kier alpha value is -0.230. The highest BCUT2D eigenvalue weighted by Crippen LogP contribution is 2.50. The van der Waals surface area contributed by atoms with Crippen LogP contribution in [0.4, 0.5) is 4.39 Å². The fraction of sp³-hybridized carbons (Fsp3) is 1.00. The van der Waals surface area contributed by atoms with Crippen LogP contribution >= 0.6 is 0 Å². The number of hydrogen-bond donors (Lipinski definition) is 0. The van der Waals surface area contributed by atoms with Crippen molar-refractivity contribution in [1.82, 2.24) is 19.6 Å². The van der Waals surface area contributed by atoms with Crippen LogP contribution in [-0.2, 0) is 0 Å². The van der Waals surface area contributed by atoms with Gasteiger partial charge in [0.2, 0.25) is 0 Å². The van der Waals surface area contributed by atoms with Gasteiger partial charge in [0.1, 0.15) is 5.67 Å². The molecule has 5 aliphatic rings. The maximum absolute atomic E-state index is 14.3. The van der Waals surface area contributed by atoms with Crippen molar-refractivity contribution in [3.8, 4) is 0 Å². The van der Waals surface area contributed by atoms with Crippen LogP contribution in [0.2, 0.25) is 0 Å². The molecule has 1 saturated carbocycles. The SMILES string of the molecule is CC(C)N1CCC2(CCN(C)C(C3CC4(CCN(CC5(F)CC5)CC4)CCN3C)C2)CC1. The normalized spacial score (nSPS) is 36.2. The summed E-state index contributed by atoms with van der Waals surface area (Å²) in [6, 6.07) is 2.09. The summed E-state index contributed by atoms with van der Waals surface area (Å²) in [4.78, 5) is 10.6. The molecule has 32 heavy (non-hydrogen) atoms. The van der Waals surface area contributed by atoms with Gasteiger partial charge in [0.15, 0.2) is 0 Å². The Morgan fingerprint density at radius 2 is 1.12 bits per heavy atom. The fourth-order valence-electron chi connectivity index (χ4n) is 7.72. The minimum atomic E-state index is -0.829. The summed E-state index contributed by atoms with van der Waals surface area (Å²) in [6.07, 6.45) is 12.5. The first-order valence-electron chi connectivity index (χ1n) is 13.8. The molecule has 2 unspecified atom stereocenters. The Kier molecular flexibility index (Phi) is 6.44. The molecule has 0 aromatic carbocycles. The lowest BCUT2D eigenvalue weighted by atomic mass is 9.63. The van der Waals surface area contributed by atoms with Crippen molar-refractivity contribution in [3.05, 3.63) is 0 Å². The van der Waals surface area contributed by atoms with Crippen LogP contribution in [0.5, 0.6) is 0 Å². The maximum atomic E-state index is 14.3. The number of piperidine rings is 4. The summed E-state index contributed by atoms with van der Waals surface area (Å²) in [5.74, 6) is 0. The van der Waals surface area contributed by atoms with Gasteiger partial charge in [-0.05, 0) is 142 Å². The van der Waals surface area contributed by atoms with E-state index in [0.717, 1.165) is 25.9 Å². The smallest absolute Gasteiger partial charge is 0.123 e. The second-order valence-corrected chi connectivity index (χ2v) is 13.1. The molecule has 0 radical (unpaired) electrons. The summed E-state index contributed by atoms with van der Waals surface area (Å²) >= 11 is 0. The molecule has 0 N–H and O–H groups in total. The average molecular weight is 449 g/mol. The van der Waals surface area contributed by atoms with Gasteiger partial charge in [0.25, 0.3) is 0 Å². The number of likely N-dealkylation sites (tertiary alicyclic amines) is 4. The van der Waals surface area contributed by atoms with Crippen LogP contribution in [0.15, 0.2) is 0 Å². The third-order valence-corrected chi connectivity index (χ3v) is 10.7. The van der Waals surface area contributed by atoms with E-state index in [1.54, 1.807) is 0 Å². The van der Waals surface area contributed by atoms with E-state index in [2.05, 4.69) is 47.5 Å². The lowest BCUT2D eigenvalue weighted by Crippen LogP contribution is -2.61. The minimum Gasteiger partial charge on any atom is -0.302 e. The molecule has 0 aromatic heterocycles. The Labute approximate surface area is 196 Å². The predicted molar refractivity (Wildman–Crippen MR) is 131 cm³/mol. The van der Waals surface area contributed by atoms with Crippen molar-refractivity contribution in [2.24, 2.45) is 10.8 Å². The fourth-order valence-corrected chi connectivity index (χ4v) is 7.72. The first-order valence-corrected chi connectivity index (χ1v) is 13.8. The summed E-state index contributed by atoms with van der Waals surface area (Å²) < 4.78 is 14.3. The minimum absolute atomic E-state index is 0.507. The number of alkyl halides is 1. The van der Waals surface area contributed by atoms with Crippen molar-refractivity contribution >= 4 is 0 Å². The molecule has 0 aromatic rings. The quantitative estimate of drug-likeness (QED) is 0.637. The maximum Gasteiger partial charge on any atom is 0.123 e. The van der Waals surface area contributed by atoms with Gasteiger partial charge in [-0.25, -0.2) is 4.39 Å². The molecular formula is C27H49FN4. The molecule has 0 bridgehead atoms. The topological polar surface area (TPSA) is 13.0 Å². The van der Waals surface area contributed by atoms with Gasteiger partial charge in [-0.1, -0.05) is 0 Å². The van der Waals surface area contributed by atoms with Gasteiger partial charge in [-0.15, -0.1) is 0 Å². The van der Waals surface area contributed by atoms with Gasteiger partial charge < -0.3 is 19.6 Å². The summed E-state index contributed by atoms with van der Waals surface area (Å²) in [5, 5.41) is 0. The molecule has 4 aliphatic heterocycles. The molecule has 1 aliphatic carbocycles. The average Bonchev–Trinajstić information content (AvgIpc) is 3.51. The lowest BCUT2D eigenvalue weighted by molar-refractivity contribution is -0.0595. The zero-order valence-electron chi connectivity index (χ0n) is 21.4. The van der Waals surface area contributed by atoms with E-state index in [-0.39, 0.29) is 0 Å². The van der Waals surface area contributed by atoms with Crippen LogP contribution in [0, 0.1) is 10.8 Å². The largest absolute Gasteiger partial charge is 0.302 e. The van der Waals surface area contributed by atoms with E-state index in [0.29, 0.717) is 35.5 Å². The molecule has 4 nitrogen and oxygen atoms in total. The molecule has 2 atom stereocenters. The molecule has 5 heteroatoms. The van der Waals surface area contributed by atoms with Gasteiger partial charge in [0.05, 0.1) is 0 Å². The highest BCUT2D eigenvalue weighted by molar-refractivity contribution is 5.04.